The summed E-state index contributed by atoms with van der Waals surface area (Å²) in [4.78, 5) is 40.8. The number of rotatable bonds is 9. The number of carbonyl (C=O) groups is 2. The summed E-state index contributed by atoms with van der Waals surface area (Å²) in [5, 5.41) is 10.8. The lowest BCUT2D eigenvalue weighted by Gasteiger charge is -2.55. The van der Waals surface area contributed by atoms with Gasteiger partial charge < -0.3 is 24.0 Å². The van der Waals surface area contributed by atoms with Crippen molar-refractivity contribution >= 4 is 11.7 Å². The second-order valence-electron chi connectivity index (χ2n) is 9.74. The molecule has 0 atom stereocenters. The fourth-order valence-corrected chi connectivity index (χ4v) is 5.03. The second kappa shape index (κ2) is 10.1. The van der Waals surface area contributed by atoms with Crippen LogP contribution < -0.4 is 5.43 Å². The lowest BCUT2D eigenvalue weighted by Crippen LogP contribution is -2.63. The van der Waals surface area contributed by atoms with Crippen LogP contribution in [0.15, 0.2) is 29.2 Å². The van der Waals surface area contributed by atoms with Crippen LogP contribution >= 0.6 is 0 Å². The van der Waals surface area contributed by atoms with Crippen LogP contribution in [-0.4, -0.2) is 65.3 Å². The van der Waals surface area contributed by atoms with E-state index in [0.29, 0.717) is 32.6 Å². The van der Waals surface area contributed by atoms with Crippen LogP contribution in [0.4, 0.5) is 8.78 Å². The van der Waals surface area contributed by atoms with Crippen molar-refractivity contribution in [3.05, 3.63) is 63.1 Å². The largest absolute Gasteiger partial charge is 0.503 e. The molecular formula is C26H30F2N2O6. The highest BCUT2D eigenvalue weighted by Crippen LogP contribution is 2.46. The first-order chi connectivity index (χ1) is 17.1. The third-order valence-electron chi connectivity index (χ3n) is 7.04. The van der Waals surface area contributed by atoms with Gasteiger partial charge >= 0.3 is 0 Å². The van der Waals surface area contributed by atoms with E-state index in [1.165, 1.54) is 12.3 Å². The number of methoxy groups -OCH3 is 1. The van der Waals surface area contributed by atoms with E-state index < -0.39 is 40.0 Å². The van der Waals surface area contributed by atoms with Crippen LogP contribution in [0.5, 0.6) is 5.75 Å². The predicted molar refractivity (Wildman–Crippen MR) is 126 cm³/mol. The molecule has 2 aliphatic rings. The van der Waals surface area contributed by atoms with Gasteiger partial charge in [0.2, 0.25) is 5.43 Å². The van der Waals surface area contributed by atoms with Crippen molar-refractivity contribution in [2.75, 3.05) is 26.9 Å². The summed E-state index contributed by atoms with van der Waals surface area (Å²) in [7, 11) is 1.58. The number of hydrogen-bond acceptors (Lipinski definition) is 6. The van der Waals surface area contributed by atoms with E-state index in [0.717, 1.165) is 12.1 Å². The van der Waals surface area contributed by atoms with Crippen molar-refractivity contribution in [3.63, 3.8) is 0 Å². The monoisotopic (exact) mass is 504 g/mol. The first-order valence-corrected chi connectivity index (χ1v) is 12.0. The number of carbonyl (C=O) groups excluding carboxylic acids is 2. The van der Waals surface area contributed by atoms with Crippen molar-refractivity contribution in [1.82, 2.24) is 9.47 Å². The summed E-state index contributed by atoms with van der Waals surface area (Å²) in [6.07, 6.45) is 2.03. The maximum absolute atomic E-state index is 14.0. The normalized spacial score (nSPS) is 21.1. The molecule has 2 heterocycles. The fraction of sp³-hybridized carbons (Fsp3) is 0.500. The van der Waals surface area contributed by atoms with E-state index >= 15 is 0 Å². The highest BCUT2D eigenvalue weighted by Gasteiger charge is 2.53. The minimum absolute atomic E-state index is 0.0481. The van der Waals surface area contributed by atoms with Gasteiger partial charge in [0.05, 0.1) is 30.4 Å². The Balaban J connectivity index is 1.66. The number of aryl methyl sites for hydroxylation is 1. The quantitative estimate of drug-likeness (QED) is 0.417. The Hall–Kier alpha value is -3.11. The number of amides is 1. The van der Waals surface area contributed by atoms with Gasteiger partial charge in [0.15, 0.2) is 17.2 Å². The van der Waals surface area contributed by atoms with Crippen LogP contribution in [0.25, 0.3) is 0 Å². The van der Waals surface area contributed by atoms with Gasteiger partial charge in [-0.05, 0) is 44.7 Å². The zero-order chi connectivity index (χ0) is 26.2. The van der Waals surface area contributed by atoms with Crippen LogP contribution in [-0.2, 0) is 21.4 Å². The summed E-state index contributed by atoms with van der Waals surface area (Å²) < 4.78 is 39.6. The average Bonchev–Trinajstić information content (AvgIpc) is 2.80. The number of nitrogens with zero attached hydrogens (tertiary/aromatic N) is 2. The summed E-state index contributed by atoms with van der Waals surface area (Å²) >= 11 is 0. The predicted octanol–water partition coefficient (Wildman–Crippen LogP) is 3.03. The highest BCUT2D eigenvalue weighted by molar-refractivity contribution is 6.00. The van der Waals surface area contributed by atoms with Crippen LogP contribution in [0.2, 0.25) is 0 Å². The molecule has 4 rings (SSSR count). The number of halogens is 2. The van der Waals surface area contributed by atoms with Crippen LogP contribution in [0.3, 0.4) is 0 Å². The van der Waals surface area contributed by atoms with E-state index in [9.17, 15) is 28.3 Å². The van der Waals surface area contributed by atoms with E-state index in [1.807, 2.05) is 13.8 Å². The molecule has 1 aromatic carbocycles. The second-order valence-corrected chi connectivity index (χ2v) is 9.74. The van der Waals surface area contributed by atoms with Crippen molar-refractivity contribution in [2.45, 2.75) is 57.2 Å². The number of fused-ring (bicyclic) bond motifs is 2. The molecule has 2 aromatic rings. The molecule has 1 amide bonds. The smallest absolute Gasteiger partial charge is 0.274 e. The Kier molecular flexibility index (Phi) is 7.28. The van der Waals surface area contributed by atoms with Gasteiger partial charge in [-0.1, -0.05) is 6.07 Å². The van der Waals surface area contributed by atoms with E-state index in [2.05, 4.69) is 0 Å². The zero-order valence-electron chi connectivity index (χ0n) is 20.6. The third kappa shape index (κ3) is 4.67. The molecule has 1 aliphatic carbocycles. The number of aromatic hydroxyl groups is 1. The topological polar surface area (TPSA) is 98.1 Å². The molecule has 1 aromatic heterocycles. The zero-order valence-corrected chi connectivity index (χ0v) is 20.6. The minimum Gasteiger partial charge on any atom is -0.503 e. The number of Topliss-reactive ketones (excluding diaryl/α,β-unsaturated/α-hetero) is 1. The molecule has 36 heavy (non-hydrogen) atoms. The minimum atomic E-state index is -0.938. The molecule has 1 N–H and O–H groups in total. The van der Waals surface area contributed by atoms with Crippen LogP contribution in [0.1, 0.15) is 59.5 Å². The summed E-state index contributed by atoms with van der Waals surface area (Å²) in [6.45, 7) is 4.91. The van der Waals surface area contributed by atoms with Crippen molar-refractivity contribution < 1.29 is 33.0 Å². The summed E-state index contributed by atoms with van der Waals surface area (Å²) in [5.74, 6) is -3.36. The molecule has 8 nitrogen and oxygen atoms in total. The Labute approximate surface area is 207 Å². The van der Waals surface area contributed by atoms with Crippen molar-refractivity contribution in [3.8, 4) is 5.75 Å². The van der Waals surface area contributed by atoms with Gasteiger partial charge in [0.1, 0.15) is 11.6 Å². The molecule has 1 aliphatic heterocycles. The number of ether oxygens (including phenoxy) is 2. The Morgan fingerprint density at radius 3 is 2.58 bits per heavy atom. The van der Waals surface area contributed by atoms with Gasteiger partial charge in [-0.15, -0.1) is 0 Å². The highest BCUT2D eigenvalue weighted by atomic mass is 19.1. The molecule has 0 unspecified atom stereocenters. The summed E-state index contributed by atoms with van der Waals surface area (Å²) in [5.41, 5.74) is -1.85. The molecule has 1 spiro atoms. The van der Waals surface area contributed by atoms with E-state index in [1.54, 1.807) is 16.6 Å². The molecule has 194 valence electrons. The molecule has 0 radical (unpaired) electrons. The van der Waals surface area contributed by atoms with Crippen molar-refractivity contribution in [1.29, 1.82) is 0 Å². The lowest BCUT2D eigenvalue weighted by molar-refractivity contribution is -0.0984. The summed E-state index contributed by atoms with van der Waals surface area (Å²) in [6, 6.07) is 2.91. The fourth-order valence-electron chi connectivity index (χ4n) is 5.03. The molecule has 0 bridgehead atoms. The van der Waals surface area contributed by atoms with Gasteiger partial charge in [-0.25, -0.2) is 8.78 Å². The number of aromatic nitrogens is 1. The molecular weight excluding hydrogens is 474 g/mol. The van der Waals surface area contributed by atoms with E-state index in [4.69, 9.17) is 9.47 Å². The Morgan fingerprint density at radius 2 is 1.94 bits per heavy atom. The number of ketones is 1. The number of hydrogen-bond donors (Lipinski definition) is 1. The van der Waals surface area contributed by atoms with Gasteiger partial charge in [0, 0.05) is 38.4 Å². The molecule has 10 heteroatoms. The SMILES string of the molecule is COCCOC1CC2(C1)CN(C(C)C)C(=O)c1c(O)c(=O)c(C(=O)CCc3ccc(F)cc3F)cn12. The number of pyridine rings is 1. The maximum Gasteiger partial charge on any atom is 0.274 e. The standard InChI is InChI=1S/C26H30F2N2O6/c1-15(2)29-14-26(11-18(12-26)36-9-8-35-3)30-13-19(23(32)24(33)22(30)25(29)34)21(31)7-5-16-4-6-17(27)10-20(16)28/h4,6,10,13,15,18,33H,5,7-9,11-12,14H2,1-3H3. The Morgan fingerprint density at radius 1 is 1.22 bits per heavy atom. The first-order valence-electron chi connectivity index (χ1n) is 12.0. The molecule has 1 saturated carbocycles. The van der Waals surface area contributed by atoms with Gasteiger partial charge in [0.25, 0.3) is 5.91 Å². The number of benzene rings is 1. The lowest BCUT2D eigenvalue weighted by atomic mass is 9.71. The molecule has 0 saturated heterocycles. The van der Waals surface area contributed by atoms with Crippen molar-refractivity contribution in [2.24, 2.45) is 0 Å². The van der Waals surface area contributed by atoms with Crippen LogP contribution in [0, 0.1) is 11.6 Å². The first kappa shape index (κ1) is 26.0. The van der Waals surface area contributed by atoms with E-state index in [-0.39, 0.29) is 41.8 Å². The maximum atomic E-state index is 14.0. The van der Waals surface area contributed by atoms with Gasteiger partial charge in [-0.3, -0.25) is 14.4 Å². The Bertz CT molecular complexity index is 1240. The van der Waals surface area contributed by atoms with Gasteiger partial charge in [-0.2, -0.15) is 0 Å². The average molecular weight is 505 g/mol. The molecule has 1 fully saturated rings. The third-order valence-corrected chi connectivity index (χ3v) is 7.04.